The largest absolute Gasteiger partial charge is 0.489 e. The summed E-state index contributed by atoms with van der Waals surface area (Å²) in [5, 5.41) is 8.86. The van der Waals surface area contributed by atoms with Gasteiger partial charge in [-0.25, -0.2) is 9.97 Å². The van der Waals surface area contributed by atoms with Crippen molar-refractivity contribution in [2.45, 2.75) is 25.9 Å². The number of amides is 2. The van der Waals surface area contributed by atoms with Gasteiger partial charge in [0.2, 0.25) is 11.8 Å². The maximum atomic E-state index is 12.9. The number of carbonyl (C=O) groups is 2. The third-order valence-electron chi connectivity index (χ3n) is 5.71. The average Bonchev–Trinajstić information content (AvgIpc) is 2.88. The van der Waals surface area contributed by atoms with Crippen molar-refractivity contribution in [1.82, 2.24) is 20.2 Å². The second-order valence-corrected chi connectivity index (χ2v) is 8.72. The van der Waals surface area contributed by atoms with Gasteiger partial charge in [0.15, 0.2) is 5.82 Å². The van der Waals surface area contributed by atoms with E-state index in [1.54, 1.807) is 6.07 Å². The molecule has 0 bridgehead atoms. The standard InChI is InChI=1S/C27H32N6O3/c1-20(34)28-14-15-29-24-17-25(32-27(31-24)21-9-4-2-5-10-21)30-26(35)19-33-16-8-13-23(18-33)36-22-11-6-3-7-12-22/h2-7,9-12,17,23H,8,13-16,18-19H2,1H3,(H,28,34)(H2,29,30,31,32,35). The lowest BCUT2D eigenvalue weighted by atomic mass is 10.1. The number of ether oxygens (including phenoxy) is 1. The summed E-state index contributed by atoms with van der Waals surface area (Å²) in [6, 6.07) is 21.1. The minimum atomic E-state index is -0.141. The van der Waals surface area contributed by atoms with Gasteiger partial charge in [0.25, 0.3) is 0 Å². The molecule has 1 aromatic heterocycles. The van der Waals surface area contributed by atoms with E-state index < -0.39 is 0 Å². The highest BCUT2D eigenvalue weighted by molar-refractivity contribution is 5.92. The first-order valence-corrected chi connectivity index (χ1v) is 12.2. The van der Waals surface area contributed by atoms with Crippen LogP contribution in [0, 0.1) is 0 Å². The van der Waals surface area contributed by atoms with E-state index in [1.165, 1.54) is 6.92 Å². The zero-order valence-corrected chi connectivity index (χ0v) is 20.4. The number of nitrogens with one attached hydrogen (secondary N) is 3. The predicted molar refractivity (Wildman–Crippen MR) is 140 cm³/mol. The Bertz CT molecular complexity index is 1140. The third kappa shape index (κ3) is 7.78. The highest BCUT2D eigenvalue weighted by atomic mass is 16.5. The number of likely N-dealkylation sites (tertiary alicyclic amines) is 1. The second kappa shape index (κ2) is 12.6. The summed E-state index contributed by atoms with van der Waals surface area (Å²) >= 11 is 0. The van der Waals surface area contributed by atoms with Gasteiger partial charge in [0.1, 0.15) is 23.5 Å². The number of nitrogens with zero attached hydrogens (tertiary/aromatic N) is 3. The molecule has 2 heterocycles. The van der Waals surface area contributed by atoms with Gasteiger partial charge in [0.05, 0.1) is 6.54 Å². The van der Waals surface area contributed by atoms with Crippen molar-refractivity contribution in [2.24, 2.45) is 0 Å². The SMILES string of the molecule is CC(=O)NCCNc1cc(NC(=O)CN2CCCC(Oc3ccccc3)C2)nc(-c2ccccc2)n1. The molecule has 0 saturated carbocycles. The Hall–Kier alpha value is -3.98. The lowest BCUT2D eigenvalue weighted by Crippen LogP contribution is -2.44. The summed E-state index contributed by atoms with van der Waals surface area (Å²) in [5.74, 6) is 2.11. The predicted octanol–water partition coefficient (Wildman–Crippen LogP) is 3.17. The van der Waals surface area contributed by atoms with Gasteiger partial charge in [0, 0.05) is 38.2 Å². The molecule has 0 radical (unpaired) electrons. The van der Waals surface area contributed by atoms with Crippen molar-refractivity contribution in [3.05, 3.63) is 66.7 Å². The van der Waals surface area contributed by atoms with Crippen LogP contribution in [-0.2, 0) is 9.59 Å². The van der Waals surface area contributed by atoms with Crippen molar-refractivity contribution in [2.75, 3.05) is 43.4 Å². The Morgan fingerprint density at radius 2 is 1.72 bits per heavy atom. The van der Waals surface area contributed by atoms with Crippen molar-refractivity contribution in [3.63, 3.8) is 0 Å². The van der Waals surface area contributed by atoms with Gasteiger partial charge in [-0.15, -0.1) is 0 Å². The molecule has 36 heavy (non-hydrogen) atoms. The number of benzene rings is 2. The Morgan fingerprint density at radius 3 is 2.47 bits per heavy atom. The fourth-order valence-corrected chi connectivity index (χ4v) is 4.08. The van der Waals surface area contributed by atoms with Crippen LogP contribution in [0.15, 0.2) is 66.7 Å². The summed E-state index contributed by atoms with van der Waals surface area (Å²) in [5.41, 5.74) is 0.843. The van der Waals surface area contributed by atoms with Gasteiger partial charge in [-0.05, 0) is 31.5 Å². The van der Waals surface area contributed by atoms with Crippen molar-refractivity contribution in [1.29, 1.82) is 0 Å². The number of hydrogen-bond acceptors (Lipinski definition) is 7. The average molecular weight is 489 g/mol. The molecule has 1 fully saturated rings. The van der Waals surface area contributed by atoms with Crippen LogP contribution in [0.5, 0.6) is 5.75 Å². The van der Waals surface area contributed by atoms with E-state index in [0.29, 0.717) is 37.1 Å². The smallest absolute Gasteiger partial charge is 0.239 e. The van der Waals surface area contributed by atoms with Gasteiger partial charge < -0.3 is 20.7 Å². The van der Waals surface area contributed by atoms with Crippen LogP contribution >= 0.6 is 0 Å². The third-order valence-corrected chi connectivity index (χ3v) is 5.71. The number of carbonyl (C=O) groups excluding carboxylic acids is 2. The van der Waals surface area contributed by atoms with Gasteiger partial charge >= 0.3 is 0 Å². The van der Waals surface area contributed by atoms with Gasteiger partial charge in [-0.3, -0.25) is 14.5 Å². The minimum absolute atomic E-state index is 0.0529. The van der Waals surface area contributed by atoms with Crippen LogP contribution in [0.3, 0.4) is 0 Å². The molecular formula is C27H32N6O3. The highest BCUT2D eigenvalue weighted by Gasteiger charge is 2.23. The van der Waals surface area contributed by atoms with E-state index in [2.05, 4.69) is 30.8 Å². The van der Waals surface area contributed by atoms with Gasteiger partial charge in [-0.2, -0.15) is 0 Å². The number of anilines is 2. The summed E-state index contributed by atoms with van der Waals surface area (Å²) in [6.45, 7) is 4.22. The van der Waals surface area contributed by atoms with Crippen LogP contribution in [-0.4, -0.2) is 65.5 Å². The summed E-state index contributed by atoms with van der Waals surface area (Å²) in [4.78, 5) is 35.3. The normalized spacial score (nSPS) is 15.6. The highest BCUT2D eigenvalue weighted by Crippen LogP contribution is 2.21. The molecule has 3 N–H and O–H groups in total. The van der Waals surface area contributed by atoms with E-state index in [4.69, 9.17) is 4.74 Å². The Kier molecular flexibility index (Phi) is 8.82. The minimum Gasteiger partial charge on any atom is -0.489 e. The van der Waals surface area contributed by atoms with Crippen LogP contribution < -0.4 is 20.7 Å². The molecule has 9 heteroatoms. The monoisotopic (exact) mass is 488 g/mol. The molecule has 0 aliphatic carbocycles. The van der Waals surface area contributed by atoms with E-state index in [9.17, 15) is 9.59 Å². The molecule has 9 nitrogen and oxygen atoms in total. The molecule has 1 unspecified atom stereocenters. The van der Waals surface area contributed by atoms with Crippen LogP contribution in [0.2, 0.25) is 0 Å². The van der Waals surface area contributed by atoms with Gasteiger partial charge in [-0.1, -0.05) is 48.5 Å². The molecule has 1 aliphatic heterocycles. The molecular weight excluding hydrogens is 456 g/mol. The number of rotatable bonds is 10. The fraction of sp³-hybridized carbons (Fsp3) is 0.333. The van der Waals surface area contributed by atoms with E-state index in [0.717, 1.165) is 30.7 Å². The summed E-state index contributed by atoms with van der Waals surface area (Å²) in [6.07, 6.45) is 1.99. The fourth-order valence-electron chi connectivity index (χ4n) is 4.08. The zero-order valence-electron chi connectivity index (χ0n) is 20.4. The first-order valence-electron chi connectivity index (χ1n) is 12.2. The molecule has 1 atom stereocenters. The van der Waals surface area contributed by atoms with E-state index in [-0.39, 0.29) is 24.5 Å². The quantitative estimate of drug-likeness (QED) is 0.376. The molecule has 188 valence electrons. The molecule has 2 aromatic carbocycles. The Labute approximate surface area is 211 Å². The molecule has 0 spiro atoms. The van der Waals surface area contributed by atoms with Crippen LogP contribution in [0.4, 0.5) is 11.6 Å². The maximum absolute atomic E-state index is 12.9. The van der Waals surface area contributed by atoms with Crippen molar-refractivity contribution >= 4 is 23.5 Å². The van der Waals surface area contributed by atoms with Crippen molar-refractivity contribution in [3.8, 4) is 17.1 Å². The second-order valence-electron chi connectivity index (χ2n) is 8.72. The molecule has 1 aliphatic rings. The number of para-hydroxylation sites is 1. The number of piperidine rings is 1. The molecule has 1 saturated heterocycles. The Balaban J connectivity index is 1.39. The molecule has 2 amide bonds. The lowest BCUT2D eigenvalue weighted by Gasteiger charge is -2.32. The number of hydrogen-bond donors (Lipinski definition) is 3. The Morgan fingerprint density at radius 1 is 1.00 bits per heavy atom. The van der Waals surface area contributed by atoms with E-state index >= 15 is 0 Å². The summed E-state index contributed by atoms with van der Waals surface area (Å²) < 4.78 is 6.10. The summed E-state index contributed by atoms with van der Waals surface area (Å²) in [7, 11) is 0. The molecule has 3 aromatic rings. The zero-order chi connectivity index (χ0) is 25.2. The number of aromatic nitrogens is 2. The van der Waals surface area contributed by atoms with Crippen LogP contribution in [0.25, 0.3) is 11.4 Å². The van der Waals surface area contributed by atoms with Crippen LogP contribution in [0.1, 0.15) is 19.8 Å². The lowest BCUT2D eigenvalue weighted by molar-refractivity contribution is -0.119. The molecule has 4 rings (SSSR count). The van der Waals surface area contributed by atoms with E-state index in [1.807, 2.05) is 60.7 Å². The topological polar surface area (TPSA) is 108 Å². The first-order chi connectivity index (χ1) is 17.5. The first kappa shape index (κ1) is 25.1. The maximum Gasteiger partial charge on any atom is 0.239 e. The van der Waals surface area contributed by atoms with Crippen molar-refractivity contribution < 1.29 is 14.3 Å².